The molecule has 0 fully saturated rings. The maximum Gasteiger partial charge on any atom is 0.133 e. The Balaban J connectivity index is 2.95. The van der Waals surface area contributed by atoms with Crippen molar-refractivity contribution in [1.29, 1.82) is 0 Å². The van der Waals surface area contributed by atoms with Crippen LogP contribution in [0.25, 0.3) is 5.57 Å². The number of nitrogens with two attached hydrogens (primary N) is 1. The summed E-state index contributed by atoms with van der Waals surface area (Å²) in [6.07, 6.45) is 2.54. The van der Waals surface area contributed by atoms with Crippen molar-refractivity contribution in [3.63, 3.8) is 0 Å². The van der Waals surface area contributed by atoms with Gasteiger partial charge in [-0.1, -0.05) is 6.08 Å². The molecular formula is C11H13F2N. The highest BCUT2D eigenvalue weighted by molar-refractivity contribution is 5.64. The second-order valence-electron chi connectivity index (χ2n) is 3.09. The fourth-order valence-electron chi connectivity index (χ4n) is 1.22. The molecule has 0 radical (unpaired) electrons. The van der Waals surface area contributed by atoms with Gasteiger partial charge in [0.1, 0.15) is 11.6 Å². The number of halogens is 2. The molecule has 0 bridgehead atoms. The third kappa shape index (κ3) is 2.64. The first-order chi connectivity index (χ1) is 6.65. The molecule has 1 nitrogen and oxygen atoms in total. The summed E-state index contributed by atoms with van der Waals surface area (Å²) >= 11 is 0. The highest BCUT2D eigenvalue weighted by atomic mass is 19.1. The molecule has 0 spiro atoms. The van der Waals surface area contributed by atoms with Gasteiger partial charge in [0.25, 0.3) is 0 Å². The summed E-state index contributed by atoms with van der Waals surface area (Å²) in [7, 11) is 0. The fraction of sp³-hybridized carbons (Fsp3) is 0.273. The molecule has 3 heteroatoms. The Labute approximate surface area is 82.2 Å². The summed E-state index contributed by atoms with van der Waals surface area (Å²) < 4.78 is 25.8. The van der Waals surface area contributed by atoms with Gasteiger partial charge in [-0.3, -0.25) is 0 Å². The standard InChI is InChI=1S/C11H13F2N/c1-8(3-2-6-14)10-5-4-9(12)7-11(10)13/h3-5,7H,2,6,14H2,1H3. The van der Waals surface area contributed by atoms with Gasteiger partial charge in [0.05, 0.1) is 0 Å². The molecular weight excluding hydrogens is 184 g/mol. The summed E-state index contributed by atoms with van der Waals surface area (Å²) in [6, 6.07) is 3.57. The molecule has 76 valence electrons. The van der Waals surface area contributed by atoms with Gasteiger partial charge in [0.15, 0.2) is 0 Å². The predicted octanol–water partition coefficient (Wildman–Crippen LogP) is 2.72. The fourth-order valence-corrected chi connectivity index (χ4v) is 1.22. The van der Waals surface area contributed by atoms with Crippen LogP contribution >= 0.6 is 0 Å². The van der Waals surface area contributed by atoms with Crippen molar-refractivity contribution >= 4 is 5.57 Å². The zero-order valence-electron chi connectivity index (χ0n) is 8.06. The van der Waals surface area contributed by atoms with Crippen LogP contribution in [0.1, 0.15) is 18.9 Å². The molecule has 1 aromatic rings. The largest absolute Gasteiger partial charge is 0.330 e. The molecule has 0 heterocycles. The molecule has 0 amide bonds. The van der Waals surface area contributed by atoms with Crippen LogP contribution in [0.5, 0.6) is 0 Å². The average Bonchev–Trinajstić information content (AvgIpc) is 2.14. The second-order valence-corrected chi connectivity index (χ2v) is 3.09. The van der Waals surface area contributed by atoms with Crippen LogP contribution in [-0.2, 0) is 0 Å². The molecule has 0 saturated carbocycles. The van der Waals surface area contributed by atoms with E-state index in [1.165, 1.54) is 12.1 Å². The van der Waals surface area contributed by atoms with Gasteiger partial charge < -0.3 is 5.73 Å². The topological polar surface area (TPSA) is 26.0 Å². The van der Waals surface area contributed by atoms with Gasteiger partial charge in [-0.05, 0) is 37.6 Å². The van der Waals surface area contributed by atoms with Crippen molar-refractivity contribution in [3.8, 4) is 0 Å². The first-order valence-corrected chi connectivity index (χ1v) is 4.47. The molecule has 0 atom stereocenters. The van der Waals surface area contributed by atoms with Gasteiger partial charge >= 0.3 is 0 Å². The second kappa shape index (κ2) is 4.86. The highest BCUT2D eigenvalue weighted by Crippen LogP contribution is 2.18. The molecule has 0 saturated heterocycles. The first kappa shape index (κ1) is 10.9. The van der Waals surface area contributed by atoms with Crippen LogP contribution < -0.4 is 5.73 Å². The Kier molecular flexibility index (Phi) is 3.77. The number of hydrogen-bond acceptors (Lipinski definition) is 1. The normalized spacial score (nSPS) is 11.9. The Morgan fingerprint density at radius 3 is 2.71 bits per heavy atom. The van der Waals surface area contributed by atoms with E-state index in [-0.39, 0.29) is 0 Å². The molecule has 1 aromatic carbocycles. The minimum Gasteiger partial charge on any atom is -0.330 e. The van der Waals surface area contributed by atoms with E-state index in [1.54, 1.807) is 6.92 Å². The number of benzene rings is 1. The molecule has 0 aromatic heterocycles. The number of rotatable bonds is 3. The lowest BCUT2D eigenvalue weighted by Gasteiger charge is -2.03. The quantitative estimate of drug-likeness (QED) is 0.792. The minimum absolute atomic E-state index is 0.430. The molecule has 14 heavy (non-hydrogen) atoms. The predicted molar refractivity (Wildman–Crippen MR) is 53.7 cm³/mol. The summed E-state index contributed by atoms with van der Waals surface area (Å²) in [5.41, 5.74) is 6.53. The van der Waals surface area contributed by atoms with Gasteiger partial charge in [0.2, 0.25) is 0 Å². The zero-order chi connectivity index (χ0) is 10.6. The molecule has 2 N–H and O–H groups in total. The lowest BCUT2D eigenvalue weighted by Crippen LogP contribution is -1.96. The lowest BCUT2D eigenvalue weighted by molar-refractivity contribution is 0.581. The average molecular weight is 197 g/mol. The first-order valence-electron chi connectivity index (χ1n) is 4.47. The highest BCUT2D eigenvalue weighted by Gasteiger charge is 2.04. The Morgan fingerprint density at radius 2 is 2.14 bits per heavy atom. The van der Waals surface area contributed by atoms with Crippen molar-refractivity contribution in [2.24, 2.45) is 5.73 Å². The van der Waals surface area contributed by atoms with E-state index < -0.39 is 11.6 Å². The van der Waals surface area contributed by atoms with Crippen LogP contribution in [-0.4, -0.2) is 6.54 Å². The van der Waals surface area contributed by atoms with Crippen molar-refractivity contribution in [1.82, 2.24) is 0 Å². The van der Waals surface area contributed by atoms with Crippen molar-refractivity contribution in [2.75, 3.05) is 6.54 Å². The van der Waals surface area contributed by atoms with Gasteiger partial charge in [0, 0.05) is 11.6 Å². The van der Waals surface area contributed by atoms with Crippen LogP contribution in [0, 0.1) is 11.6 Å². The van der Waals surface area contributed by atoms with Crippen LogP contribution in [0.2, 0.25) is 0 Å². The Hall–Kier alpha value is -1.22. The van der Waals surface area contributed by atoms with Crippen LogP contribution in [0.4, 0.5) is 8.78 Å². The van der Waals surface area contributed by atoms with Gasteiger partial charge in [-0.2, -0.15) is 0 Å². The van der Waals surface area contributed by atoms with Crippen molar-refractivity contribution in [3.05, 3.63) is 41.5 Å². The Bertz CT molecular complexity index is 345. The third-order valence-electron chi connectivity index (χ3n) is 1.97. The lowest BCUT2D eigenvalue weighted by atomic mass is 10.1. The smallest absolute Gasteiger partial charge is 0.133 e. The maximum atomic E-state index is 13.2. The van der Waals surface area contributed by atoms with Crippen LogP contribution in [0.3, 0.4) is 0 Å². The van der Waals surface area contributed by atoms with E-state index in [1.807, 2.05) is 6.08 Å². The van der Waals surface area contributed by atoms with E-state index in [0.29, 0.717) is 18.5 Å². The maximum absolute atomic E-state index is 13.2. The SMILES string of the molecule is CC(=CCCN)c1ccc(F)cc1F. The van der Waals surface area contributed by atoms with Gasteiger partial charge in [-0.25, -0.2) is 8.78 Å². The minimum atomic E-state index is -0.558. The van der Waals surface area contributed by atoms with E-state index in [0.717, 1.165) is 11.6 Å². The zero-order valence-corrected chi connectivity index (χ0v) is 8.06. The summed E-state index contributed by atoms with van der Waals surface area (Å²) in [5, 5.41) is 0. The molecule has 0 aliphatic heterocycles. The monoisotopic (exact) mass is 197 g/mol. The van der Waals surface area contributed by atoms with E-state index >= 15 is 0 Å². The molecule has 0 unspecified atom stereocenters. The Morgan fingerprint density at radius 1 is 1.43 bits per heavy atom. The third-order valence-corrected chi connectivity index (χ3v) is 1.97. The van der Waals surface area contributed by atoms with Crippen LogP contribution in [0.15, 0.2) is 24.3 Å². The molecule has 0 aliphatic rings. The summed E-state index contributed by atoms with van der Waals surface area (Å²) in [5.74, 6) is -1.09. The number of allylic oxidation sites excluding steroid dienone is 1. The van der Waals surface area contributed by atoms with Gasteiger partial charge in [-0.15, -0.1) is 0 Å². The summed E-state index contributed by atoms with van der Waals surface area (Å²) in [4.78, 5) is 0. The molecule has 1 rings (SSSR count). The van der Waals surface area contributed by atoms with E-state index in [2.05, 4.69) is 0 Å². The van der Waals surface area contributed by atoms with E-state index in [4.69, 9.17) is 5.73 Å². The van der Waals surface area contributed by atoms with E-state index in [9.17, 15) is 8.78 Å². The van der Waals surface area contributed by atoms with Crippen molar-refractivity contribution < 1.29 is 8.78 Å². The number of hydrogen-bond donors (Lipinski definition) is 1. The molecule has 0 aliphatic carbocycles. The summed E-state index contributed by atoms with van der Waals surface area (Å²) in [6.45, 7) is 2.31. The van der Waals surface area contributed by atoms with Crippen molar-refractivity contribution in [2.45, 2.75) is 13.3 Å².